The second-order valence-electron chi connectivity index (χ2n) is 9.92. The Morgan fingerprint density at radius 2 is 1.23 bits per heavy atom. The fraction of sp³-hybridized carbons (Fsp3) is 0.156. The second kappa shape index (κ2) is 14.7. The number of carboxylic acids is 1. The minimum atomic E-state index is -1.18. The molecule has 4 aromatic heterocycles. The number of aliphatic carboxylic acids is 1. The van der Waals surface area contributed by atoms with Gasteiger partial charge in [0.15, 0.2) is 33.1 Å². The van der Waals surface area contributed by atoms with Crippen molar-refractivity contribution in [2.75, 3.05) is 37.0 Å². The number of amides is 1. The standard InChI is InChI=1S/C16H14N4O4S.C16H15N3O3S/c1-20(9-5-3-2-4-6-9)16-19-10-7-17-12(13(23)14(10)25-16)15(24)18-8-11(21)22;1-3-22-15(21)12-13(20)14-11(9-17-12)18-16(23-14)19(2)10-7-5-4-6-8-10/h2-7,23H,8H2,1H3,(H,18,24)(H,21,22);4-9,20H,3H2,1-2H3. The molecule has 0 unspecified atom stereocenters. The maximum absolute atomic E-state index is 12.0. The molecule has 0 aliphatic rings. The number of benzene rings is 2. The minimum absolute atomic E-state index is 0.0862. The summed E-state index contributed by atoms with van der Waals surface area (Å²) in [6, 6.07) is 19.3. The topological polar surface area (TPSA) is 191 Å². The number of carbonyl (C=O) groups is 3. The Balaban J connectivity index is 0.000000188. The van der Waals surface area contributed by atoms with E-state index in [1.54, 1.807) is 6.92 Å². The number of rotatable bonds is 9. The van der Waals surface area contributed by atoms with Gasteiger partial charge in [-0.1, -0.05) is 59.1 Å². The maximum atomic E-state index is 12.0. The van der Waals surface area contributed by atoms with Crippen molar-refractivity contribution in [3.05, 3.63) is 84.4 Å². The molecular formula is C32H29N7O7S2. The number of anilines is 4. The number of carbonyl (C=O) groups excluding carboxylic acids is 2. The first-order chi connectivity index (χ1) is 23.1. The lowest BCUT2D eigenvalue weighted by atomic mass is 10.3. The van der Waals surface area contributed by atoms with Crippen molar-refractivity contribution in [1.29, 1.82) is 0 Å². The maximum Gasteiger partial charge on any atom is 0.360 e. The smallest absolute Gasteiger partial charge is 0.360 e. The van der Waals surface area contributed by atoms with E-state index in [2.05, 4.69) is 25.3 Å². The predicted octanol–water partition coefficient (Wildman–Crippen LogP) is 5.32. The predicted molar refractivity (Wildman–Crippen MR) is 183 cm³/mol. The van der Waals surface area contributed by atoms with E-state index in [1.165, 1.54) is 35.1 Å². The summed E-state index contributed by atoms with van der Waals surface area (Å²) in [6.45, 7) is 1.37. The van der Waals surface area contributed by atoms with E-state index in [0.29, 0.717) is 30.7 Å². The summed E-state index contributed by atoms with van der Waals surface area (Å²) in [5.74, 6) is -3.08. The van der Waals surface area contributed by atoms with Crippen LogP contribution >= 0.6 is 22.7 Å². The van der Waals surface area contributed by atoms with Crippen molar-refractivity contribution in [2.24, 2.45) is 0 Å². The van der Waals surface area contributed by atoms with Crippen LogP contribution in [0.25, 0.3) is 20.4 Å². The Kier molecular flexibility index (Phi) is 10.3. The molecule has 4 N–H and O–H groups in total. The van der Waals surface area contributed by atoms with E-state index in [0.717, 1.165) is 11.4 Å². The Morgan fingerprint density at radius 1 is 0.771 bits per heavy atom. The molecule has 1 amide bonds. The Hall–Kier alpha value is -5.87. The third-order valence-corrected chi connectivity index (χ3v) is 9.05. The molecule has 6 rings (SSSR count). The molecule has 0 spiro atoms. The highest BCUT2D eigenvalue weighted by molar-refractivity contribution is 7.23. The molecule has 14 nitrogen and oxygen atoms in total. The third-order valence-electron chi connectivity index (χ3n) is 6.74. The van der Waals surface area contributed by atoms with E-state index < -0.39 is 24.4 Å². The van der Waals surface area contributed by atoms with Crippen LogP contribution in [0.5, 0.6) is 11.5 Å². The van der Waals surface area contributed by atoms with Crippen molar-refractivity contribution >= 4 is 82.6 Å². The van der Waals surface area contributed by atoms with Gasteiger partial charge in [0, 0.05) is 25.5 Å². The number of hydrogen-bond acceptors (Lipinski definition) is 14. The monoisotopic (exact) mass is 687 g/mol. The average molecular weight is 688 g/mol. The van der Waals surface area contributed by atoms with Gasteiger partial charge in [-0.3, -0.25) is 9.59 Å². The van der Waals surface area contributed by atoms with E-state index in [-0.39, 0.29) is 29.5 Å². The molecule has 0 aliphatic carbocycles. The number of ether oxygens (including phenoxy) is 1. The summed E-state index contributed by atoms with van der Waals surface area (Å²) in [7, 11) is 3.74. The number of nitrogens with zero attached hydrogens (tertiary/aromatic N) is 6. The molecular weight excluding hydrogens is 659 g/mol. The van der Waals surface area contributed by atoms with Crippen LogP contribution in [0.1, 0.15) is 27.9 Å². The number of nitrogens with one attached hydrogen (secondary N) is 1. The number of hydrogen-bond donors (Lipinski definition) is 4. The zero-order valence-electron chi connectivity index (χ0n) is 25.8. The molecule has 0 radical (unpaired) electrons. The van der Waals surface area contributed by atoms with Gasteiger partial charge in [-0.25, -0.2) is 24.7 Å². The molecule has 2 aromatic carbocycles. The Morgan fingerprint density at radius 3 is 1.69 bits per heavy atom. The number of aromatic nitrogens is 4. The molecule has 6 aromatic rings. The SMILES string of the molecule is CCOC(=O)c1ncc2nc(N(C)c3ccccc3)sc2c1O.CN(c1ccccc1)c1nc2cnc(C(=O)NCC(=O)O)c(O)c2s1. The van der Waals surface area contributed by atoms with Gasteiger partial charge in [0.2, 0.25) is 0 Å². The van der Waals surface area contributed by atoms with Crippen molar-refractivity contribution < 1.29 is 34.4 Å². The molecule has 246 valence electrons. The number of carboxylic acid groups (broad SMARTS) is 1. The van der Waals surface area contributed by atoms with E-state index in [1.807, 2.05) is 84.6 Å². The molecule has 4 heterocycles. The van der Waals surface area contributed by atoms with Crippen LogP contribution in [0.3, 0.4) is 0 Å². The molecule has 0 fully saturated rings. The average Bonchev–Trinajstić information content (AvgIpc) is 3.74. The fourth-order valence-corrected chi connectivity index (χ4v) is 6.24. The van der Waals surface area contributed by atoms with Gasteiger partial charge in [-0.15, -0.1) is 0 Å². The number of thiazole rings is 2. The minimum Gasteiger partial charge on any atom is -0.504 e. The van der Waals surface area contributed by atoms with E-state index in [4.69, 9.17) is 9.84 Å². The van der Waals surface area contributed by atoms with Gasteiger partial charge in [-0.2, -0.15) is 0 Å². The van der Waals surface area contributed by atoms with Crippen LogP contribution in [-0.4, -0.2) is 80.3 Å². The van der Waals surface area contributed by atoms with E-state index >= 15 is 0 Å². The highest BCUT2D eigenvalue weighted by Gasteiger charge is 2.22. The highest BCUT2D eigenvalue weighted by Crippen LogP contribution is 2.39. The Labute approximate surface area is 281 Å². The lowest BCUT2D eigenvalue weighted by Crippen LogP contribution is -2.29. The highest BCUT2D eigenvalue weighted by atomic mass is 32.1. The summed E-state index contributed by atoms with van der Waals surface area (Å²) in [5, 5.41) is 32.7. The number of para-hydroxylation sites is 2. The number of esters is 1. The van der Waals surface area contributed by atoms with Gasteiger partial charge in [0.05, 0.1) is 19.0 Å². The molecule has 0 aliphatic heterocycles. The van der Waals surface area contributed by atoms with Gasteiger partial charge < -0.3 is 35.2 Å². The lowest BCUT2D eigenvalue weighted by molar-refractivity contribution is -0.135. The van der Waals surface area contributed by atoms with Crippen molar-refractivity contribution in [1.82, 2.24) is 25.3 Å². The summed E-state index contributed by atoms with van der Waals surface area (Å²) in [4.78, 5) is 54.8. The summed E-state index contributed by atoms with van der Waals surface area (Å²) < 4.78 is 5.82. The Bertz CT molecular complexity index is 2090. The summed E-state index contributed by atoms with van der Waals surface area (Å²) in [6.07, 6.45) is 2.85. The first-order valence-electron chi connectivity index (χ1n) is 14.3. The van der Waals surface area contributed by atoms with Crippen LogP contribution in [0, 0.1) is 0 Å². The second-order valence-corrected chi connectivity index (χ2v) is 11.9. The summed E-state index contributed by atoms with van der Waals surface area (Å²) >= 11 is 2.50. The zero-order chi connectivity index (χ0) is 34.4. The van der Waals surface area contributed by atoms with Crippen molar-refractivity contribution in [3.63, 3.8) is 0 Å². The zero-order valence-corrected chi connectivity index (χ0v) is 27.4. The van der Waals surface area contributed by atoms with Crippen LogP contribution in [0.2, 0.25) is 0 Å². The molecule has 0 atom stereocenters. The van der Waals surface area contributed by atoms with Crippen LogP contribution in [-0.2, 0) is 9.53 Å². The number of pyridine rings is 2. The van der Waals surface area contributed by atoms with Gasteiger partial charge >= 0.3 is 11.9 Å². The number of aromatic hydroxyl groups is 2. The largest absolute Gasteiger partial charge is 0.504 e. The first-order valence-corrected chi connectivity index (χ1v) is 15.9. The first kappa shape index (κ1) is 33.5. The van der Waals surface area contributed by atoms with Gasteiger partial charge in [0.1, 0.15) is 27.0 Å². The van der Waals surface area contributed by atoms with Crippen LogP contribution < -0.4 is 15.1 Å². The third kappa shape index (κ3) is 7.24. The van der Waals surface area contributed by atoms with Gasteiger partial charge in [-0.05, 0) is 31.2 Å². The van der Waals surface area contributed by atoms with E-state index in [9.17, 15) is 24.6 Å². The molecule has 16 heteroatoms. The fourth-order valence-electron chi connectivity index (χ4n) is 4.31. The molecule has 0 bridgehead atoms. The van der Waals surface area contributed by atoms with Crippen molar-refractivity contribution in [2.45, 2.75) is 6.92 Å². The van der Waals surface area contributed by atoms with Crippen LogP contribution in [0.4, 0.5) is 21.6 Å². The molecule has 0 saturated carbocycles. The number of fused-ring (bicyclic) bond motifs is 2. The quantitative estimate of drug-likeness (QED) is 0.143. The van der Waals surface area contributed by atoms with Crippen LogP contribution in [0.15, 0.2) is 73.1 Å². The normalized spacial score (nSPS) is 10.6. The molecule has 48 heavy (non-hydrogen) atoms. The molecule has 0 saturated heterocycles. The van der Waals surface area contributed by atoms with Gasteiger partial charge in [0.25, 0.3) is 5.91 Å². The van der Waals surface area contributed by atoms with Crippen molar-refractivity contribution in [3.8, 4) is 11.5 Å². The summed E-state index contributed by atoms with van der Waals surface area (Å²) in [5.41, 5.74) is 2.58. The lowest BCUT2D eigenvalue weighted by Gasteiger charge is -2.14.